The van der Waals surface area contributed by atoms with Crippen LogP contribution in [0, 0.1) is 0 Å². The molecule has 0 aliphatic heterocycles. The first kappa shape index (κ1) is 22.8. The molecule has 0 aromatic heterocycles. The van der Waals surface area contributed by atoms with E-state index < -0.39 is 24.4 Å². The summed E-state index contributed by atoms with van der Waals surface area (Å²) >= 11 is 5.81. The zero-order chi connectivity index (χ0) is 22.8. The summed E-state index contributed by atoms with van der Waals surface area (Å²) in [5, 5.41) is 5.69. The third kappa shape index (κ3) is 7.45. The molecule has 7 nitrogen and oxygen atoms in total. The van der Waals surface area contributed by atoms with Crippen LogP contribution in [-0.2, 0) is 20.9 Å². The van der Waals surface area contributed by atoms with Crippen molar-refractivity contribution in [2.75, 3.05) is 13.2 Å². The van der Waals surface area contributed by atoms with Crippen LogP contribution in [0.25, 0.3) is 0 Å². The van der Waals surface area contributed by atoms with Crippen molar-refractivity contribution in [3.05, 3.63) is 95.0 Å². The number of carbonyl (C=O) groups excluding carboxylic acids is 3. The van der Waals surface area contributed by atoms with Gasteiger partial charge in [-0.1, -0.05) is 41.9 Å². The summed E-state index contributed by atoms with van der Waals surface area (Å²) in [6.07, 6.45) is 0. The number of ether oxygens (including phenoxy) is 2. The van der Waals surface area contributed by atoms with Gasteiger partial charge in [-0.25, -0.2) is 0 Å². The Hall–Kier alpha value is -3.84. The van der Waals surface area contributed by atoms with Crippen LogP contribution in [0.3, 0.4) is 0 Å². The number of hydrogen-bond donors (Lipinski definition) is 2. The number of halogens is 1. The van der Waals surface area contributed by atoms with Crippen molar-refractivity contribution < 1.29 is 23.9 Å². The topological polar surface area (TPSA) is 93.7 Å². The van der Waals surface area contributed by atoms with E-state index in [1.54, 1.807) is 48.5 Å². The number of amides is 2. The molecule has 0 bridgehead atoms. The molecule has 0 fully saturated rings. The Morgan fingerprint density at radius 3 is 2.12 bits per heavy atom. The SMILES string of the molecule is O=C(COC(=O)CNC(=O)c1ccc(Oc2ccccc2)cc1)NCc1ccc(Cl)cc1. The van der Waals surface area contributed by atoms with Crippen LogP contribution in [0.4, 0.5) is 0 Å². The minimum Gasteiger partial charge on any atom is -0.457 e. The lowest BCUT2D eigenvalue weighted by Crippen LogP contribution is -2.33. The largest absolute Gasteiger partial charge is 0.457 e. The van der Waals surface area contributed by atoms with Crippen molar-refractivity contribution >= 4 is 29.4 Å². The van der Waals surface area contributed by atoms with Gasteiger partial charge in [0.05, 0.1) is 0 Å². The Morgan fingerprint density at radius 2 is 1.44 bits per heavy atom. The first-order chi connectivity index (χ1) is 15.5. The predicted octanol–water partition coefficient (Wildman–Crippen LogP) is 3.72. The quantitative estimate of drug-likeness (QED) is 0.482. The average molecular weight is 453 g/mol. The molecule has 0 unspecified atom stereocenters. The van der Waals surface area contributed by atoms with Crippen LogP contribution in [0.5, 0.6) is 11.5 Å². The molecular weight excluding hydrogens is 432 g/mol. The maximum absolute atomic E-state index is 12.2. The number of hydrogen-bond acceptors (Lipinski definition) is 5. The second-order valence-electron chi connectivity index (χ2n) is 6.69. The van der Waals surface area contributed by atoms with Gasteiger partial charge in [0.1, 0.15) is 18.0 Å². The van der Waals surface area contributed by atoms with Gasteiger partial charge in [0.2, 0.25) is 0 Å². The Balaban J connectivity index is 1.36. The minimum atomic E-state index is -0.718. The number of carbonyl (C=O) groups is 3. The van der Waals surface area contributed by atoms with Crippen LogP contribution in [0.2, 0.25) is 5.02 Å². The molecule has 3 rings (SSSR count). The highest BCUT2D eigenvalue weighted by atomic mass is 35.5. The second-order valence-corrected chi connectivity index (χ2v) is 7.12. The predicted molar refractivity (Wildman–Crippen MR) is 120 cm³/mol. The fourth-order valence-electron chi connectivity index (χ4n) is 2.60. The van der Waals surface area contributed by atoms with Crippen LogP contribution in [-0.4, -0.2) is 30.9 Å². The van der Waals surface area contributed by atoms with E-state index in [1.807, 2.05) is 30.3 Å². The van der Waals surface area contributed by atoms with E-state index in [2.05, 4.69) is 10.6 Å². The van der Waals surface area contributed by atoms with Gasteiger partial charge in [0.25, 0.3) is 11.8 Å². The Labute approximate surface area is 190 Å². The molecule has 3 aromatic rings. The summed E-state index contributed by atoms with van der Waals surface area (Å²) in [5.74, 6) is -0.348. The first-order valence-corrected chi connectivity index (χ1v) is 10.2. The van der Waals surface area contributed by atoms with Crippen molar-refractivity contribution in [2.24, 2.45) is 0 Å². The zero-order valence-electron chi connectivity index (χ0n) is 17.0. The number of rotatable bonds is 9. The van der Waals surface area contributed by atoms with Gasteiger partial charge >= 0.3 is 5.97 Å². The van der Waals surface area contributed by atoms with Crippen LogP contribution < -0.4 is 15.4 Å². The molecule has 8 heteroatoms. The molecule has 0 spiro atoms. The van der Waals surface area contributed by atoms with E-state index in [1.165, 1.54) is 0 Å². The number of esters is 1. The van der Waals surface area contributed by atoms with E-state index in [0.29, 0.717) is 22.1 Å². The van der Waals surface area contributed by atoms with Gasteiger partial charge in [-0.3, -0.25) is 14.4 Å². The Morgan fingerprint density at radius 1 is 0.781 bits per heavy atom. The van der Waals surface area contributed by atoms with Crippen LogP contribution in [0.15, 0.2) is 78.9 Å². The molecule has 0 heterocycles. The van der Waals surface area contributed by atoms with E-state index in [9.17, 15) is 14.4 Å². The minimum absolute atomic E-state index is 0.286. The number of benzene rings is 3. The molecule has 0 saturated heterocycles. The van der Waals surface area contributed by atoms with Gasteiger partial charge in [-0.2, -0.15) is 0 Å². The van der Waals surface area contributed by atoms with E-state index in [4.69, 9.17) is 21.1 Å². The third-order valence-corrected chi connectivity index (χ3v) is 4.51. The summed E-state index contributed by atoms with van der Waals surface area (Å²) in [5.41, 5.74) is 1.22. The maximum Gasteiger partial charge on any atom is 0.325 e. The van der Waals surface area contributed by atoms with Crippen molar-refractivity contribution in [3.63, 3.8) is 0 Å². The maximum atomic E-state index is 12.2. The zero-order valence-corrected chi connectivity index (χ0v) is 17.8. The van der Waals surface area contributed by atoms with Crippen LogP contribution in [0.1, 0.15) is 15.9 Å². The Kier molecular flexibility index (Phi) is 8.22. The van der Waals surface area contributed by atoms with E-state index in [-0.39, 0.29) is 13.1 Å². The summed E-state index contributed by atoms with van der Waals surface area (Å²) in [6, 6.07) is 22.7. The van der Waals surface area contributed by atoms with Crippen molar-refractivity contribution in [1.82, 2.24) is 10.6 Å². The van der Waals surface area contributed by atoms with Gasteiger partial charge in [0, 0.05) is 17.1 Å². The third-order valence-electron chi connectivity index (χ3n) is 4.26. The molecule has 0 radical (unpaired) electrons. The molecule has 0 aliphatic carbocycles. The smallest absolute Gasteiger partial charge is 0.325 e. The number of nitrogens with one attached hydrogen (secondary N) is 2. The standard InChI is InChI=1S/C24H21ClN2O5/c25-19-10-6-17(7-11-19)14-26-22(28)16-31-23(29)15-27-24(30)18-8-12-21(13-9-18)32-20-4-2-1-3-5-20/h1-13H,14-16H2,(H,26,28)(H,27,30). The molecule has 0 aliphatic rings. The lowest BCUT2D eigenvalue weighted by atomic mass is 10.2. The van der Waals surface area contributed by atoms with Gasteiger partial charge in [-0.15, -0.1) is 0 Å². The van der Waals surface area contributed by atoms with E-state index in [0.717, 1.165) is 5.56 Å². The normalized spacial score (nSPS) is 10.2. The van der Waals surface area contributed by atoms with E-state index >= 15 is 0 Å². The summed E-state index contributed by atoms with van der Waals surface area (Å²) in [6.45, 7) is -0.506. The molecular formula is C24H21ClN2O5. The summed E-state index contributed by atoms with van der Waals surface area (Å²) in [4.78, 5) is 35.8. The highest BCUT2D eigenvalue weighted by Gasteiger charge is 2.11. The van der Waals surface area contributed by atoms with Crippen molar-refractivity contribution in [2.45, 2.75) is 6.54 Å². The molecule has 32 heavy (non-hydrogen) atoms. The van der Waals surface area contributed by atoms with Crippen molar-refractivity contribution in [1.29, 1.82) is 0 Å². The second kappa shape index (κ2) is 11.5. The molecule has 3 aromatic carbocycles. The molecule has 2 N–H and O–H groups in total. The molecule has 0 atom stereocenters. The monoisotopic (exact) mass is 452 g/mol. The lowest BCUT2D eigenvalue weighted by molar-refractivity contribution is -0.147. The average Bonchev–Trinajstić information content (AvgIpc) is 2.82. The van der Waals surface area contributed by atoms with Crippen LogP contribution >= 0.6 is 11.6 Å². The molecule has 2 amide bonds. The molecule has 0 saturated carbocycles. The number of para-hydroxylation sites is 1. The van der Waals surface area contributed by atoms with Gasteiger partial charge in [0.15, 0.2) is 6.61 Å². The lowest BCUT2D eigenvalue weighted by Gasteiger charge is -2.09. The highest BCUT2D eigenvalue weighted by Crippen LogP contribution is 2.21. The summed E-state index contributed by atoms with van der Waals surface area (Å²) < 4.78 is 10.5. The van der Waals surface area contributed by atoms with Crippen molar-refractivity contribution in [3.8, 4) is 11.5 Å². The van der Waals surface area contributed by atoms with Gasteiger partial charge in [-0.05, 0) is 54.1 Å². The fourth-order valence-corrected chi connectivity index (χ4v) is 2.73. The van der Waals surface area contributed by atoms with Gasteiger partial charge < -0.3 is 20.1 Å². The first-order valence-electron chi connectivity index (χ1n) is 9.77. The highest BCUT2D eigenvalue weighted by molar-refractivity contribution is 6.30. The summed E-state index contributed by atoms with van der Waals surface area (Å²) in [7, 11) is 0. The fraction of sp³-hybridized carbons (Fsp3) is 0.125. The molecule has 164 valence electrons. The Bertz CT molecular complexity index is 1050.